The van der Waals surface area contributed by atoms with Crippen LogP contribution in [0.15, 0.2) is 30.6 Å². The predicted octanol–water partition coefficient (Wildman–Crippen LogP) is 2.71. The van der Waals surface area contributed by atoms with Crippen LogP contribution in [0.3, 0.4) is 0 Å². The fraction of sp³-hybridized carbons (Fsp3) is 0.360. The number of benzene rings is 1. The van der Waals surface area contributed by atoms with E-state index in [1.54, 1.807) is 18.0 Å². The van der Waals surface area contributed by atoms with Crippen LogP contribution in [-0.2, 0) is 11.3 Å². The largest absolute Gasteiger partial charge is 0.344 e. The maximum absolute atomic E-state index is 13.1. The Morgan fingerprint density at radius 2 is 2.11 bits per heavy atom. The Labute approximate surface area is 230 Å². The molecule has 1 saturated heterocycles. The van der Waals surface area contributed by atoms with Crippen molar-refractivity contribution in [3.63, 3.8) is 0 Å². The molecule has 1 aliphatic heterocycles. The molecule has 4 aromatic rings. The third-order valence-corrected chi connectivity index (χ3v) is 6.67. The summed E-state index contributed by atoms with van der Waals surface area (Å²) in [5.41, 5.74) is 3.15. The van der Waals surface area contributed by atoms with E-state index < -0.39 is 11.9 Å². The first-order chi connectivity index (χ1) is 17.7. The molecule has 198 valence electrons. The number of carbonyl (C=O) groups excluding carboxylic acids is 2. The third kappa shape index (κ3) is 5.15. The van der Waals surface area contributed by atoms with Crippen molar-refractivity contribution in [3.8, 4) is 17.5 Å². The molecule has 0 aliphatic carbocycles. The molecule has 1 aromatic carbocycles. The Balaban J connectivity index is 0.00000336. The quantitative estimate of drug-likeness (QED) is 0.357. The maximum atomic E-state index is 13.1. The number of H-pyrrole nitrogens is 1. The zero-order chi connectivity index (χ0) is 26.3. The summed E-state index contributed by atoms with van der Waals surface area (Å²) in [5.74, 6) is -0.809. The van der Waals surface area contributed by atoms with E-state index in [1.165, 1.54) is 6.20 Å². The standard InChI is InChI=1S/C25H26ClN9O2.ClH/c1-14(25(37)34-12-15(9-27)13-34)30-24(36)18-10-28-23-22(18)31-19(11-29-23)21-17-5-4-16(26)8-20(17)35(32-21)7-6-33(2)3;/h4-5,8,10-11,14-15H,6-7,12-13H2,1-3H3,(H,28,29)(H,30,36);1H/t14-;/m1./s1. The Bertz CT molecular complexity index is 1550. The first kappa shape index (κ1) is 27.3. The fourth-order valence-electron chi connectivity index (χ4n) is 4.33. The number of halogens is 2. The number of rotatable bonds is 7. The summed E-state index contributed by atoms with van der Waals surface area (Å²) in [4.78, 5) is 41.5. The van der Waals surface area contributed by atoms with Gasteiger partial charge in [0.25, 0.3) is 5.91 Å². The second-order valence-corrected chi connectivity index (χ2v) is 9.89. The predicted molar refractivity (Wildman–Crippen MR) is 146 cm³/mol. The van der Waals surface area contributed by atoms with E-state index >= 15 is 0 Å². The summed E-state index contributed by atoms with van der Waals surface area (Å²) in [5, 5.41) is 18.0. The Kier molecular flexibility index (Phi) is 7.87. The van der Waals surface area contributed by atoms with E-state index in [0.29, 0.717) is 47.2 Å². The number of likely N-dealkylation sites (N-methyl/N-ethyl adjacent to an activating group) is 1. The lowest BCUT2D eigenvalue weighted by Gasteiger charge is -2.37. The Morgan fingerprint density at radius 3 is 2.82 bits per heavy atom. The fourth-order valence-corrected chi connectivity index (χ4v) is 4.50. The molecular weight excluding hydrogens is 529 g/mol. The molecule has 0 spiro atoms. The summed E-state index contributed by atoms with van der Waals surface area (Å²) in [6, 6.07) is 6.98. The summed E-state index contributed by atoms with van der Waals surface area (Å²) in [6.07, 6.45) is 3.15. The van der Waals surface area contributed by atoms with Gasteiger partial charge in [-0.25, -0.2) is 9.97 Å². The Morgan fingerprint density at radius 1 is 1.34 bits per heavy atom. The van der Waals surface area contributed by atoms with Gasteiger partial charge in [-0.15, -0.1) is 12.4 Å². The van der Waals surface area contributed by atoms with Gasteiger partial charge < -0.3 is 20.1 Å². The Hall–Kier alpha value is -3.72. The van der Waals surface area contributed by atoms with Gasteiger partial charge >= 0.3 is 0 Å². The highest BCUT2D eigenvalue weighted by Gasteiger charge is 2.33. The van der Waals surface area contributed by atoms with Gasteiger partial charge in [-0.1, -0.05) is 11.6 Å². The topological polar surface area (TPSA) is 136 Å². The molecule has 0 unspecified atom stereocenters. The normalized spacial score (nSPS) is 14.3. The van der Waals surface area contributed by atoms with Crippen LogP contribution in [0, 0.1) is 17.2 Å². The molecule has 38 heavy (non-hydrogen) atoms. The number of aromatic amines is 1. The summed E-state index contributed by atoms with van der Waals surface area (Å²) in [7, 11) is 4.00. The van der Waals surface area contributed by atoms with Crippen LogP contribution in [0.25, 0.3) is 33.5 Å². The van der Waals surface area contributed by atoms with Crippen molar-refractivity contribution in [1.82, 2.24) is 39.8 Å². The van der Waals surface area contributed by atoms with Gasteiger partial charge in [-0.2, -0.15) is 10.4 Å². The molecule has 0 bridgehead atoms. The molecule has 3 aromatic heterocycles. The number of nitrogens with one attached hydrogen (secondary N) is 2. The number of likely N-dealkylation sites (tertiary alicyclic amines) is 1. The molecule has 11 nitrogen and oxygen atoms in total. The number of carbonyl (C=O) groups is 2. The van der Waals surface area contributed by atoms with Crippen molar-refractivity contribution >= 4 is 57.9 Å². The summed E-state index contributed by atoms with van der Waals surface area (Å²) in [6.45, 7) is 3.86. The molecule has 0 radical (unpaired) electrons. The minimum absolute atomic E-state index is 0. The lowest BCUT2D eigenvalue weighted by Crippen LogP contribution is -2.55. The van der Waals surface area contributed by atoms with Crippen LogP contribution >= 0.6 is 24.0 Å². The molecule has 2 amide bonds. The molecule has 1 fully saturated rings. The number of nitrogens with zero attached hydrogens (tertiary/aromatic N) is 7. The van der Waals surface area contributed by atoms with Crippen LogP contribution in [0.2, 0.25) is 5.02 Å². The van der Waals surface area contributed by atoms with Gasteiger partial charge in [-0.3, -0.25) is 14.3 Å². The number of hydrogen-bond donors (Lipinski definition) is 2. The van der Waals surface area contributed by atoms with Crippen molar-refractivity contribution < 1.29 is 9.59 Å². The van der Waals surface area contributed by atoms with Gasteiger partial charge in [0.2, 0.25) is 5.91 Å². The first-order valence-corrected chi connectivity index (χ1v) is 12.3. The van der Waals surface area contributed by atoms with Crippen LogP contribution in [0.5, 0.6) is 0 Å². The highest BCUT2D eigenvalue weighted by molar-refractivity contribution is 6.31. The number of fused-ring (bicyclic) bond motifs is 2. The molecular formula is C25H27Cl2N9O2. The lowest BCUT2D eigenvalue weighted by molar-refractivity contribution is -0.137. The van der Waals surface area contributed by atoms with E-state index in [2.05, 4.69) is 26.3 Å². The van der Waals surface area contributed by atoms with Gasteiger partial charge in [0, 0.05) is 36.2 Å². The van der Waals surface area contributed by atoms with Crippen LogP contribution in [0.1, 0.15) is 17.3 Å². The van der Waals surface area contributed by atoms with Gasteiger partial charge in [0.05, 0.1) is 35.8 Å². The second kappa shape index (κ2) is 10.9. The zero-order valence-electron chi connectivity index (χ0n) is 21.1. The van der Waals surface area contributed by atoms with E-state index in [9.17, 15) is 9.59 Å². The molecule has 1 aliphatic rings. The van der Waals surface area contributed by atoms with Gasteiger partial charge in [-0.05, 0) is 39.2 Å². The maximum Gasteiger partial charge on any atom is 0.255 e. The highest BCUT2D eigenvalue weighted by atomic mass is 35.5. The smallest absolute Gasteiger partial charge is 0.255 e. The number of aromatic nitrogens is 5. The first-order valence-electron chi connectivity index (χ1n) is 11.9. The molecule has 5 rings (SSSR count). The van der Waals surface area contributed by atoms with E-state index in [0.717, 1.165) is 17.4 Å². The zero-order valence-corrected chi connectivity index (χ0v) is 22.7. The molecule has 1 atom stereocenters. The average molecular weight is 556 g/mol. The van der Waals surface area contributed by atoms with Gasteiger partial charge in [0.1, 0.15) is 22.9 Å². The molecule has 2 N–H and O–H groups in total. The minimum Gasteiger partial charge on any atom is -0.344 e. The number of amides is 2. The minimum atomic E-state index is -0.741. The molecule has 4 heterocycles. The van der Waals surface area contributed by atoms with E-state index in [4.69, 9.17) is 26.9 Å². The monoisotopic (exact) mass is 555 g/mol. The van der Waals surface area contributed by atoms with Crippen LogP contribution in [0.4, 0.5) is 0 Å². The lowest BCUT2D eigenvalue weighted by atomic mass is 10.0. The number of hydrogen-bond acceptors (Lipinski definition) is 7. The van der Waals surface area contributed by atoms with E-state index in [1.807, 2.05) is 37.0 Å². The summed E-state index contributed by atoms with van der Waals surface area (Å²) < 4.78 is 1.90. The van der Waals surface area contributed by atoms with Crippen molar-refractivity contribution in [2.24, 2.45) is 5.92 Å². The van der Waals surface area contributed by atoms with E-state index in [-0.39, 0.29) is 29.8 Å². The van der Waals surface area contributed by atoms with Crippen LogP contribution < -0.4 is 5.32 Å². The van der Waals surface area contributed by atoms with Crippen LogP contribution in [-0.4, -0.2) is 86.1 Å². The SMILES string of the molecule is C[C@@H](NC(=O)c1c[nH]c2ncc(-c3nn(CCN(C)C)c4cc(Cl)ccc34)nc12)C(=O)N1CC(C#N)C1.Cl. The van der Waals surface area contributed by atoms with Crippen molar-refractivity contribution in [1.29, 1.82) is 5.26 Å². The van der Waals surface area contributed by atoms with Crippen molar-refractivity contribution in [2.75, 3.05) is 33.7 Å². The van der Waals surface area contributed by atoms with Crippen molar-refractivity contribution in [2.45, 2.75) is 19.5 Å². The molecule has 0 saturated carbocycles. The summed E-state index contributed by atoms with van der Waals surface area (Å²) >= 11 is 6.27. The average Bonchev–Trinajstić information content (AvgIpc) is 3.42. The van der Waals surface area contributed by atoms with Crippen molar-refractivity contribution in [3.05, 3.63) is 41.2 Å². The number of nitriles is 1. The molecule has 13 heteroatoms. The third-order valence-electron chi connectivity index (χ3n) is 6.43. The second-order valence-electron chi connectivity index (χ2n) is 9.46. The van der Waals surface area contributed by atoms with Gasteiger partial charge in [0.15, 0.2) is 5.65 Å². The highest BCUT2D eigenvalue weighted by Crippen LogP contribution is 2.30.